The maximum absolute atomic E-state index is 4.50. The van der Waals surface area contributed by atoms with Crippen molar-refractivity contribution in [3.05, 3.63) is 16.1 Å². The fourth-order valence-electron chi connectivity index (χ4n) is 2.51. The monoisotopic (exact) mass is 422 g/mol. The van der Waals surface area contributed by atoms with E-state index in [1.807, 2.05) is 7.05 Å². The van der Waals surface area contributed by atoms with Crippen LogP contribution in [0, 0.1) is 12.8 Å². The highest BCUT2D eigenvalue weighted by Crippen LogP contribution is 2.16. The third-order valence-corrected chi connectivity index (χ3v) is 4.84. The summed E-state index contributed by atoms with van der Waals surface area (Å²) in [6, 6.07) is 0. The first-order valence-corrected chi connectivity index (χ1v) is 8.43. The van der Waals surface area contributed by atoms with Crippen molar-refractivity contribution in [2.24, 2.45) is 10.9 Å². The fourth-order valence-corrected chi connectivity index (χ4v) is 3.33. The zero-order chi connectivity index (χ0) is 14.4. The van der Waals surface area contributed by atoms with Gasteiger partial charge in [-0.05, 0) is 32.1 Å². The minimum absolute atomic E-state index is 0. The van der Waals surface area contributed by atoms with Crippen LogP contribution in [0.25, 0.3) is 0 Å². The number of nitrogens with one attached hydrogen (secondary N) is 1. The van der Waals surface area contributed by atoms with Crippen LogP contribution in [0.3, 0.4) is 0 Å². The number of guanidine groups is 1. The Morgan fingerprint density at radius 2 is 2.19 bits per heavy atom. The average Bonchev–Trinajstić information content (AvgIpc) is 2.86. The van der Waals surface area contributed by atoms with E-state index in [0.717, 1.165) is 50.0 Å². The van der Waals surface area contributed by atoms with Crippen LogP contribution in [-0.2, 0) is 6.42 Å². The molecule has 1 aromatic rings. The highest BCUT2D eigenvalue weighted by Gasteiger charge is 2.18. The number of aromatic nitrogens is 1. The van der Waals surface area contributed by atoms with E-state index in [4.69, 9.17) is 0 Å². The number of hydrogen-bond acceptors (Lipinski definition) is 3. The standard InChI is InChI=1S/C15H26N4S.HI/c1-12-6-9-19(10-7-12)15(16-3)17-8-4-5-14-18-13(2)11-20-14;/h11-12H,4-10H2,1-3H3,(H,16,17);1H. The molecule has 0 atom stereocenters. The molecule has 0 radical (unpaired) electrons. The summed E-state index contributed by atoms with van der Waals surface area (Å²) in [6.45, 7) is 7.62. The SMILES string of the molecule is CN=C(NCCCc1nc(C)cs1)N1CCC(C)CC1.I. The number of halogens is 1. The van der Waals surface area contributed by atoms with Gasteiger partial charge in [0.05, 0.1) is 5.01 Å². The summed E-state index contributed by atoms with van der Waals surface area (Å²) in [5.41, 5.74) is 1.14. The predicted octanol–water partition coefficient (Wildman–Crippen LogP) is 3.31. The molecule has 4 nitrogen and oxygen atoms in total. The summed E-state index contributed by atoms with van der Waals surface area (Å²) in [4.78, 5) is 11.3. The number of hydrogen-bond donors (Lipinski definition) is 1. The molecular weight excluding hydrogens is 395 g/mol. The molecule has 0 aliphatic carbocycles. The van der Waals surface area contributed by atoms with Crippen molar-refractivity contribution in [1.82, 2.24) is 15.2 Å². The maximum Gasteiger partial charge on any atom is 0.193 e. The first-order chi connectivity index (χ1) is 9.69. The number of rotatable bonds is 4. The lowest BCUT2D eigenvalue weighted by molar-refractivity contribution is 0.273. The van der Waals surface area contributed by atoms with Crippen molar-refractivity contribution in [3.8, 4) is 0 Å². The molecule has 1 aliphatic heterocycles. The van der Waals surface area contributed by atoms with Gasteiger partial charge >= 0.3 is 0 Å². The quantitative estimate of drug-likeness (QED) is 0.350. The van der Waals surface area contributed by atoms with Gasteiger partial charge in [-0.1, -0.05) is 6.92 Å². The van der Waals surface area contributed by atoms with Gasteiger partial charge in [-0.25, -0.2) is 4.98 Å². The Balaban J connectivity index is 0.00000220. The highest BCUT2D eigenvalue weighted by molar-refractivity contribution is 14.0. The van der Waals surface area contributed by atoms with Gasteiger partial charge in [-0.3, -0.25) is 4.99 Å². The Bertz CT molecular complexity index is 439. The first kappa shape index (κ1) is 18.7. The molecule has 2 rings (SSSR count). The Labute approximate surface area is 149 Å². The summed E-state index contributed by atoms with van der Waals surface area (Å²) in [5.74, 6) is 1.92. The van der Waals surface area contributed by atoms with E-state index in [1.165, 1.54) is 17.8 Å². The van der Waals surface area contributed by atoms with Crippen molar-refractivity contribution in [3.63, 3.8) is 0 Å². The molecule has 21 heavy (non-hydrogen) atoms. The number of likely N-dealkylation sites (tertiary alicyclic amines) is 1. The maximum atomic E-state index is 4.50. The molecule has 0 saturated carbocycles. The molecule has 0 spiro atoms. The van der Waals surface area contributed by atoms with E-state index >= 15 is 0 Å². The van der Waals surface area contributed by atoms with Gasteiger partial charge in [0.2, 0.25) is 0 Å². The largest absolute Gasteiger partial charge is 0.356 e. The van der Waals surface area contributed by atoms with E-state index in [-0.39, 0.29) is 24.0 Å². The molecule has 0 unspecified atom stereocenters. The smallest absolute Gasteiger partial charge is 0.193 e. The van der Waals surface area contributed by atoms with Gasteiger partial charge in [0.15, 0.2) is 5.96 Å². The summed E-state index contributed by atoms with van der Waals surface area (Å²) < 4.78 is 0. The van der Waals surface area contributed by atoms with Crippen molar-refractivity contribution in [2.45, 2.75) is 39.5 Å². The van der Waals surface area contributed by atoms with Gasteiger partial charge in [-0.15, -0.1) is 35.3 Å². The molecule has 0 amide bonds. The number of aryl methyl sites for hydroxylation is 2. The topological polar surface area (TPSA) is 40.5 Å². The molecule has 1 aliphatic rings. The van der Waals surface area contributed by atoms with E-state index in [1.54, 1.807) is 11.3 Å². The number of aliphatic imine (C=N–C) groups is 1. The Morgan fingerprint density at radius 1 is 1.48 bits per heavy atom. The minimum atomic E-state index is 0. The van der Waals surface area contributed by atoms with Gasteiger partial charge in [0.25, 0.3) is 0 Å². The molecule has 2 heterocycles. The Hall–Kier alpha value is -0.370. The number of nitrogens with zero attached hydrogens (tertiary/aromatic N) is 3. The van der Waals surface area contributed by atoms with Crippen LogP contribution in [0.5, 0.6) is 0 Å². The van der Waals surface area contributed by atoms with Crippen molar-refractivity contribution >= 4 is 41.3 Å². The van der Waals surface area contributed by atoms with Gasteiger partial charge in [-0.2, -0.15) is 0 Å². The molecule has 120 valence electrons. The van der Waals surface area contributed by atoms with E-state index in [2.05, 4.69) is 39.4 Å². The lowest BCUT2D eigenvalue weighted by Crippen LogP contribution is -2.45. The highest BCUT2D eigenvalue weighted by atomic mass is 127. The lowest BCUT2D eigenvalue weighted by Gasteiger charge is -2.32. The summed E-state index contributed by atoms with van der Waals surface area (Å²) in [6.07, 6.45) is 4.72. The van der Waals surface area contributed by atoms with Crippen LogP contribution >= 0.6 is 35.3 Å². The van der Waals surface area contributed by atoms with Crippen molar-refractivity contribution in [1.29, 1.82) is 0 Å². The molecule has 1 N–H and O–H groups in total. The van der Waals surface area contributed by atoms with Crippen LogP contribution in [0.4, 0.5) is 0 Å². The first-order valence-electron chi connectivity index (χ1n) is 7.55. The summed E-state index contributed by atoms with van der Waals surface area (Å²) >= 11 is 1.76. The summed E-state index contributed by atoms with van der Waals surface area (Å²) in [5, 5.41) is 6.85. The second-order valence-electron chi connectivity index (χ2n) is 5.63. The Kier molecular flexibility index (Phi) is 8.55. The number of piperidine rings is 1. The van der Waals surface area contributed by atoms with Crippen LogP contribution < -0.4 is 5.32 Å². The predicted molar refractivity (Wildman–Crippen MR) is 102 cm³/mol. The van der Waals surface area contributed by atoms with Gasteiger partial charge in [0, 0.05) is 44.2 Å². The van der Waals surface area contributed by atoms with E-state index in [0.29, 0.717) is 0 Å². The average molecular weight is 422 g/mol. The van der Waals surface area contributed by atoms with Crippen molar-refractivity contribution in [2.75, 3.05) is 26.7 Å². The number of thiazole rings is 1. The third kappa shape index (κ3) is 6.10. The van der Waals surface area contributed by atoms with Crippen LogP contribution in [0.1, 0.15) is 36.9 Å². The van der Waals surface area contributed by atoms with Crippen molar-refractivity contribution < 1.29 is 0 Å². The van der Waals surface area contributed by atoms with Crippen LogP contribution in [-0.4, -0.2) is 42.5 Å². The van der Waals surface area contributed by atoms with E-state index < -0.39 is 0 Å². The molecule has 0 aromatic carbocycles. The minimum Gasteiger partial charge on any atom is -0.356 e. The zero-order valence-electron chi connectivity index (χ0n) is 13.3. The van der Waals surface area contributed by atoms with Crippen LogP contribution in [0.15, 0.2) is 10.4 Å². The Morgan fingerprint density at radius 3 is 2.76 bits per heavy atom. The fraction of sp³-hybridized carbons (Fsp3) is 0.733. The van der Waals surface area contributed by atoms with E-state index in [9.17, 15) is 0 Å². The van der Waals surface area contributed by atoms with Gasteiger partial charge < -0.3 is 10.2 Å². The molecule has 1 fully saturated rings. The molecule has 1 aromatic heterocycles. The normalized spacial score (nSPS) is 16.7. The van der Waals surface area contributed by atoms with Crippen LogP contribution in [0.2, 0.25) is 0 Å². The van der Waals surface area contributed by atoms with Gasteiger partial charge in [0.1, 0.15) is 0 Å². The molecular formula is C15H27IN4S. The summed E-state index contributed by atoms with van der Waals surface area (Å²) in [7, 11) is 1.88. The second-order valence-corrected chi connectivity index (χ2v) is 6.57. The second kappa shape index (κ2) is 9.61. The molecule has 1 saturated heterocycles. The third-order valence-electron chi connectivity index (χ3n) is 3.81. The molecule has 0 bridgehead atoms. The zero-order valence-corrected chi connectivity index (χ0v) is 16.4. The lowest BCUT2D eigenvalue weighted by atomic mass is 10.00. The molecule has 6 heteroatoms.